The topological polar surface area (TPSA) is 93.8 Å². The molecule has 0 aliphatic carbocycles. The van der Waals surface area contributed by atoms with Crippen molar-refractivity contribution in [1.29, 1.82) is 0 Å². The Balaban J connectivity index is 1.38. The van der Waals surface area contributed by atoms with E-state index in [1.807, 2.05) is 30.6 Å². The minimum absolute atomic E-state index is 0.231. The fourth-order valence-corrected chi connectivity index (χ4v) is 4.32. The number of aromatic nitrogens is 5. The minimum Gasteiger partial charge on any atom is -0.478 e. The molecular weight excluding hydrogens is 422 g/mol. The lowest BCUT2D eigenvalue weighted by molar-refractivity contribution is 0.0697. The third-order valence-corrected chi connectivity index (χ3v) is 6.07. The third-order valence-electron chi connectivity index (χ3n) is 5.03. The maximum Gasteiger partial charge on any atom is 0.335 e. The van der Waals surface area contributed by atoms with E-state index < -0.39 is 5.97 Å². The van der Waals surface area contributed by atoms with Crippen LogP contribution >= 0.6 is 11.8 Å². The van der Waals surface area contributed by atoms with E-state index in [0.29, 0.717) is 5.75 Å². The summed E-state index contributed by atoms with van der Waals surface area (Å²) in [5, 5.41) is 20.7. The smallest absolute Gasteiger partial charge is 0.335 e. The van der Waals surface area contributed by atoms with Crippen LogP contribution in [0.15, 0.2) is 90.5 Å². The molecular formula is C24H17N5O2S. The van der Waals surface area contributed by atoms with Crippen molar-refractivity contribution in [2.45, 2.75) is 10.8 Å². The fourth-order valence-electron chi connectivity index (χ4n) is 3.47. The van der Waals surface area contributed by atoms with E-state index in [1.165, 1.54) is 5.39 Å². The molecule has 5 aromatic rings. The summed E-state index contributed by atoms with van der Waals surface area (Å²) < 4.78 is 1.63. The first-order chi connectivity index (χ1) is 15.7. The van der Waals surface area contributed by atoms with E-state index in [2.05, 4.69) is 44.5 Å². The summed E-state index contributed by atoms with van der Waals surface area (Å²) in [6.07, 6.45) is 5.23. The van der Waals surface area contributed by atoms with Gasteiger partial charge in [-0.05, 0) is 40.6 Å². The molecule has 0 spiro atoms. The standard InChI is InChI=1S/C24H17N5O2S/c30-24(31)17-8-10-19(11-9-17)29-13-18(27-28-29)14-32-23-22(12-25-15-26-23)21-7-3-5-16-4-1-2-6-20(16)21/h1-13,15H,14H2,(H,30,31). The zero-order chi connectivity index (χ0) is 21.9. The Bertz CT molecular complexity index is 1410. The highest BCUT2D eigenvalue weighted by Crippen LogP contribution is 2.34. The largest absolute Gasteiger partial charge is 0.478 e. The predicted octanol–water partition coefficient (Wildman–Crippen LogP) is 4.87. The Morgan fingerprint density at radius 1 is 0.969 bits per heavy atom. The zero-order valence-corrected chi connectivity index (χ0v) is 17.6. The third kappa shape index (κ3) is 3.95. The fraction of sp³-hybridized carbons (Fsp3) is 0.0417. The lowest BCUT2D eigenvalue weighted by Gasteiger charge is -2.10. The summed E-state index contributed by atoms with van der Waals surface area (Å²) in [4.78, 5) is 19.8. The summed E-state index contributed by atoms with van der Waals surface area (Å²) in [6.45, 7) is 0. The van der Waals surface area contributed by atoms with Crippen molar-refractivity contribution in [2.24, 2.45) is 0 Å². The van der Waals surface area contributed by atoms with Crippen molar-refractivity contribution < 1.29 is 9.90 Å². The van der Waals surface area contributed by atoms with Gasteiger partial charge in [0.25, 0.3) is 0 Å². The molecule has 156 valence electrons. The van der Waals surface area contributed by atoms with E-state index in [4.69, 9.17) is 5.11 Å². The summed E-state index contributed by atoms with van der Waals surface area (Å²) in [7, 11) is 0. The van der Waals surface area contributed by atoms with E-state index >= 15 is 0 Å². The first-order valence-corrected chi connectivity index (χ1v) is 10.8. The summed E-state index contributed by atoms with van der Waals surface area (Å²) in [6, 6.07) is 21.0. The van der Waals surface area contributed by atoms with E-state index in [0.717, 1.165) is 32.9 Å². The monoisotopic (exact) mass is 439 g/mol. The lowest BCUT2D eigenvalue weighted by Crippen LogP contribution is -1.98. The second-order valence-corrected chi connectivity index (χ2v) is 8.03. The number of rotatable bonds is 6. The molecule has 8 heteroatoms. The second-order valence-electron chi connectivity index (χ2n) is 7.06. The highest BCUT2D eigenvalue weighted by Gasteiger charge is 2.12. The van der Waals surface area contributed by atoms with Crippen molar-refractivity contribution >= 4 is 28.5 Å². The molecule has 7 nitrogen and oxygen atoms in total. The average Bonchev–Trinajstić information content (AvgIpc) is 3.32. The average molecular weight is 440 g/mol. The maximum atomic E-state index is 11.0. The molecule has 0 atom stereocenters. The van der Waals surface area contributed by atoms with Crippen LogP contribution in [-0.4, -0.2) is 36.0 Å². The van der Waals surface area contributed by atoms with Gasteiger partial charge in [-0.1, -0.05) is 59.4 Å². The molecule has 0 aliphatic heterocycles. The number of nitrogens with zero attached hydrogens (tertiary/aromatic N) is 5. The van der Waals surface area contributed by atoms with Crippen LogP contribution < -0.4 is 0 Å². The molecule has 32 heavy (non-hydrogen) atoms. The van der Waals surface area contributed by atoms with Crippen LogP contribution in [0, 0.1) is 0 Å². The van der Waals surface area contributed by atoms with Crippen LogP contribution in [0.25, 0.3) is 27.6 Å². The second kappa shape index (κ2) is 8.60. The number of hydrogen-bond donors (Lipinski definition) is 1. The molecule has 0 bridgehead atoms. The predicted molar refractivity (Wildman–Crippen MR) is 123 cm³/mol. The van der Waals surface area contributed by atoms with E-state index in [-0.39, 0.29) is 5.56 Å². The van der Waals surface area contributed by atoms with Crippen LogP contribution in [0.1, 0.15) is 16.1 Å². The summed E-state index contributed by atoms with van der Waals surface area (Å²) in [5.41, 5.74) is 3.84. The van der Waals surface area contributed by atoms with Gasteiger partial charge >= 0.3 is 5.97 Å². The van der Waals surface area contributed by atoms with Gasteiger partial charge in [-0.25, -0.2) is 19.4 Å². The Kier molecular flexibility index (Phi) is 5.35. The number of thioether (sulfide) groups is 1. The molecule has 0 aliphatic rings. The highest BCUT2D eigenvalue weighted by molar-refractivity contribution is 7.98. The molecule has 2 heterocycles. The molecule has 0 fully saturated rings. The minimum atomic E-state index is -0.959. The molecule has 0 saturated carbocycles. The Morgan fingerprint density at radius 3 is 2.62 bits per heavy atom. The lowest BCUT2D eigenvalue weighted by atomic mass is 10.0. The highest BCUT2D eigenvalue weighted by atomic mass is 32.2. The molecule has 1 N–H and O–H groups in total. The Hall–Kier alpha value is -4.04. The quantitative estimate of drug-likeness (QED) is 0.298. The van der Waals surface area contributed by atoms with Gasteiger partial charge in [-0.2, -0.15) is 0 Å². The summed E-state index contributed by atoms with van der Waals surface area (Å²) in [5.74, 6) is -0.374. The summed E-state index contributed by atoms with van der Waals surface area (Å²) >= 11 is 1.57. The molecule has 0 amide bonds. The van der Waals surface area contributed by atoms with Crippen LogP contribution in [0.4, 0.5) is 0 Å². The number of carboxylic acid groups (broad SMARTS) is 1. The molecule has 0 unspecified atom stereocenters. The van der Waals surface area contributed by atoms with Crippen molar-refractivity contribution in [3.05, 3.63) is 96.7 Å². The maximum absolute atomic E-state index is 11.0. The SMILES string of the molecule is O=C(O)c1ccc(-n2cc(CSc3ncncc3-c3cccc4ccccc34)nn2)cc1. The van der Waals surface area contributed by atoms with Crippen LogP contribution in [0.3, 0.4) is 0 Å². The Morgan fingerprint density at radius 2 is 1.78 bits per heavy atom. The zero-order valence-electron chi connectivity index (χ0n) is 16.8. The first kappa shape index (κ1) is 19.9. The van der Waals surface area contributed by atoms with Crippen LogP contribution in [0.5, 0.6) is 0 Å². The number of carboxylic acids is 1. The van der Waals surface area contributed by atoms with E-state index in [1.54, 1.807) is 47.0 Å². The number of carbonyl (C=O) groups is 1. The van der Waals surface area contributed by atoms with Crippen molar-refractivity contribution in [3.63, 3.8) is 0 Å². The van der Waals surface area contributed by atoms with Gasteiger partial charge in [-0.15, -0.1) is 5.10 Å². The van der Waals surface area contributed by atoms with E-state index in [9.17, 15) is 4.79 Å². The normalized spacial score (nSPS) is 11.0. The molecule has 2 aromatic heterocycles. The molecule has 0 saturated heterocycles. The number of benzene rings is 3. The Labute approximate surface area is 187 Å². The van der Waals surface area contributed by atoms with Gasteiger partial charge in [0.1, 0.15) is 11.4 Å². The number of aromatic carboxylic acids is 1. The number of hydrogen-bond acceptors (Lipinski definition) is 6. The first-order valence-electron chi connectivity index (χ1n) is 9.85. The van der Waals surface area contributed by atoms with Crippen molar-refractivity contribution in [2.75, 3.05) is 0 Å². The van der Waals surface area contributed by atoms with Gasteiger partial charge in [0.2, 0.25) is 0 Å². The van der Waals surface area contributed by atoms with Crippen LogP contribution in [-0.2, 0) is 5.75 Å². The van der Waals surface area contributed by atoms with Gasteiger partial charge in [0.05, 0.1) is 23.1 Å². The molecule has 3 aromatic carbocycles. The molecule has 0 radical (unpaired) electrons. The number of fused-ring (bicyclic) bond motifs is 1. The van der Waals surface area contributed by atoms with Gasteiger partial charge in [0, 0.05) is 17.5 Å². The van der Waals surface area contributed by atoms with Gasteiger partial charge < -0.3 is 5.11 Å². The van der Waals surface area contributed by atoms with Gasteiger partial charge in [-0.3, -0.25) is 0 Å². The molecule has 5 rings (SSSR count). The van der Waals surface area contributed by atoms with Crippen molar-refractivity contribution in [3.8, 4) is 16.8 Å². The van der Waals surface area contributed by atoms with Crippen molar-refractivity contribution in [1.82, 2.24) is 25.0 Å². The van der Waals surface area contributed by atoms with Gasteiger partial charge in [0.15, 0.2) is 0 Å². The van der Waals surface area contributed by atoms with Crippen LogP contribution in [0.2, 0.25) is 0 Å².